The van der Waals surface area contributed by atoms with Crippen molar-refractivity contribution in [1.82, 2.24) is 24.6 Å². The summed E-state index contributed by atoms with van der Waals surface area (Å²) in [6.45, 7) is 3.35. The number of aryl methyl sites for hydroxylation is 1. The number of halogens is 1. The Morgan fingerprint density at radius 3 is 2.83 bits per heavy atom. The van der Waals surface area contributed by atoms with E-state index in [2.05, 4.69) is 15.1 Å². The van der Waals surface area contributed by atoms with Gasteiger partial charge in [-0.3, -0.25) is 9.78 Å². The maximum absolute atomic E-state index is 13.2. The van der Waals surface area contributed by atoms with Gasteiger partial charge in [0.25, 0.3) is 5.91 Å². The van der Waals surface area contributed by atoms with E-state index in [1.54, 1.807) is 41.0 Å². The van der Waals surface area contributed by atoms with Crippen LogP contribution in [0.2, 0.25) is 0 Å². The molecule has 1 fully saturated rings. The largest absolute Gasteiger partial charge is 0.376 e. The van der Waals surface area contributed by atoms with E-state index in [-0.39, 0.29) is 23.7 Å². The molecule has 0 bridgehead atoms. The van der Waals surface area contributed by atoms with Crippen LogP contribution in [0.5, 0.6) is 0 Å². The molecule has 8 heteroatoms. The molecule has 0 spiro atoms. The molecule has 3 aromatic rings. The zero-order chi connectivity index (χ0) is 20.2. The minimum Gasteiger partial charge on any atom is -0.376 e. The van der Waals surface area contributed by atoms with Crippen LogP contribution in [0.25, 0.3) is 5.69 Å². The number of amides is 1. The molecule has 4 rings (SSSR count). The lowest BCUT2D eigenvalue weighted by Crippen LogP contribution is -2.37. The molecule has 1 saturated heterocycles. The molecule has 0 saturated carbocycles. The lowest BCUT2D eigenvalue weighted by molar-refractivity contribution is 0.0498. The van der Waals surface area contributed by atoms with Crippen LogP contribution in [0, 0.1) is 12.7 Å². The van der Waals surface area contributed by atoms with Crippen LogP contribution in [0.15, 0.2) is 48.8 Å². The second-order valence-electron chi connectivity index (χ2n) is 7.05. The average molecular weight is 395 g/mol. The maximum atomic E-state index is 13.2. The van der Waals surface area contributed by atoms with Gasteiger partial charge >= 0.3 is 0 Å². The number of hydrogen-bond donors (Lipinski definition) is 0. The summed E-state index contributed by atoms with van der Waals surface area (Å²) in [7, 11) is 0. The highest BCUT2D eigenvalue weighted by Crippen LogP contribution is 2.17. The molecule has 0 aliphatic carbocycles. The van der Waals surface area contributed by atoms with E-state index < -0.39 is 0 Å². The number of hydrogen-bond acceptors (Lipinski definition) is 5. The van der Waals surface area contributed by atoms with Crippen molar-refractivity contribution in [3.8, 4) is 5.69 Å². The molecule has 29 heavy (non-hydrogen) atoms. The number of aromatic nitrogens is 4. The maximum Gasteiger partial charge on any atom is 0.293 e. The first-order chi connectivity index (χ1) is 14.1. The number of benzene rings is 1. The molecule has 0 radical (unpaired) electrons. The van der Waals surface area contributed by atoms with Gasteiger partial charge in [-0.2, -0.15) is 0 Å². The molecule has 2 aromatic heterocycles. The molecule has 7 nitrogen and oxygen atoms in total. The van der Waals surface area contributed by atoms with Gasteiger partial charge in [0, 0.05) is 32.1 Å². The monoisotopic (exact) mass is 395 g/mol. The molecule has 1 aromatic carbocycles. The normalized spacial score (nSPS) is 16.1. The topological polar surface area (TPSA) is 73.1 Å². The molecule has 1 aliphatic heterocycles. The number of rotatable bonds is 6. The number of ether oxygens (including phenoxy) is 1. The minimum absolute atomic E-state index is 0.0101. The van der Waals surface area contributed by atoms with Gasteiger partial charge < -0.3 is 9.64 Å². The van der Waals surface area contributed by atoms with Gasteiger partial charge in [-0.25, -0.2) is 14.1 Å². The highest BCUT2D eigenvalue weighted by molar-refractivity contribution is 5.90. The molecule has 3 heterocycles. The van der Waals surface area contributed by atoms with E-state index in [0.29, 0.717) is 24.6 Å². The average Bonchev–Trinajstić information content (AvgIpc) is 3.38. The number of carbonyl (C=O) groups excluding carboxylic acids is 1. The Kier molecular flexibility index (Phi) is 5.62. The second kappa shape index (κ2) is 8.48. The quantitative estimate of drug-likeness (QED) is 0.642. The molecule has 0 N–H and O–H groups in total. The predicted octanol–water partition coefficient (Wildman–Crippen LogP) is 2.93. The fourth-order valence-corrected chi connectivity index (χ4v) is 3.41. The minimum atomic E-state index is -0.331. The molecule has 1 unspecified atom stereocenters. The first kappa shape index (κ1) is 19.2. The van der Waals surface area contributed by atoms with Crippen LogP contribution in [-0.4, -0.2) is 49.8 Å². The van der Waals surface area contributed by atoms with E-state index in [0.717, 1.165) is 25.0 Å². The lowest BCUT2D eigenvalue weighted by atomic mass is 10.2. The fraction of sp³-hybridized carbons (Fsp3) is 0.333. The van der Waals surface area contributed by atoms with Crippen molar-refractivity contribution in [3.05, 3.63) is 71.8 Å². The van der Waals surface area contributed by atoms with Crippen LogP contribution in [0.3, 0.4) is 0 Å². The first-order valence-electron chi connectivity index (χ1n) is 9.59. The number of carbonyl (C=O) groups is 1. The molecular formula is C21H22FN5O2. The fourth-order valence-electron chi connectivity index (χ4n) is 3.41. The van der Waals surface area contributed by atoms with Gasteiger partial charge in [-0.15, -0.1) is 5.10 Å². The van der Waals surface area contributed by atoms with E-state index in [9.17, 15) is 9.18 Å². The number of pyridine rings is 1. The zero-order valence-electron chi connectivity index (χ0n) is 16.2. The molecular weight excluding hydrogens is 373 g/mol. The van der Waals surface area contributed by atoms with E-state index in [1.807, 2.05) is 12.1 Å². The summed E-state index contributed by atoms with van der Waals surface area (Å²) in [6, 6.07) is 9.68. The molecule has 150 valence electrons. The van der Waals surface area contributed by atoms with Crippen molar-refractivity contribution in [2.24, 2.45) is 0 Å². The first-order valence-corrected chi connectivity index (χ1v) is 9.59. The lowest BCUT2D eigenvalue weighted by Gasteiger charge is -2.24. The summed E-state index contributed by atoms with van der Waals surface area (Å²) in [5.41, 5.74) is 1.57. The summed E-state index contributed by atoms with van der Waals surface area (Å²) >= 11 is 0. The van der Waals surface area contributed by atoms with Crippen LogP contribution in [0.1, 0.15) is 34.8 Å². The predicted molar refractivity (Wildman–Crippen MR) is 104 cm³/mol. The third-order valence-electron chi connectivity index (χ3n) is 4.86. The number of nitrogens with zero attached hydrogens (tertiary/aromatic N) is 5. The Hall–Kier alpha value is -3.13. The highest BCUT2D eigenvalue weighted by Gasteiger charge is 2.26. The van der Waals surface area contributed by atoms with Gasteiger partial charge in [0.15, 0.2) is 0 Å². The molecule has 1 atom stereocenters. The van der Waals surface area contributed by atoms with Crippen molar-refractivity contribution in [3.63, 3.8) is 0 Å². The van der Waals surface area contributed by atoms with Crippen molar-refractivity contribution in [2.45, 2.75) is 32.4 Å². The van der Waals surface area contributed by atoms with Crippen LogP contribution in [-0.2, 0) is 11.3 Å². The standard InChI is InChI=1S/C21H22FN5O2/c1-15-24-20(25-27(15)18-8-6-17(22)7-9-18)21(28)26(14-19-5-3-11-29-19)13-16-4-2-10-23-12-16/h2,4,6-10,12,19H,3,5,11,13-14H2,1H3. The Labute approximate surface area is 168 Å². The van der Waals surface area contributed by atoms with E-state index >= 15 is 0 Å². The smallest absolute Gasteiger partial charge is 0.293 e. The van der Waals surface area contributed by atoms with E-state index in [1.165, 1.54) is 12.1 Å². The van der Waals surface area contributed by atoms with Crippen LogP contribution >= 0.6 is 0 Å². The molecule has 1 aliphatic rings. The summed E-state index contributed by atoms with van der Waals surface area (Å²) in [4.78, 5) is 23.4. The Morgan fingerprint density at radius 2 is 2.14 bits per heavy atom. The highest BCUT2D eigenvalue weighted by atomic mass is 19.1. The summed E-state index contributed by atoms with van der Waals surface area (Å²) < 4.78 is 20.5. The Bertz CT molecular complexity index is 968. The third-order valence-corrected chi connectivity index (χ3v) is 4.86. The van der Waals surface area contributed by atoms with Crippen LogP contribution < -0.4 is 0 Å². The van der Waals surface area contributed by atoms with Crippen molar-refractivity contribution in [2.75, 3.05) is 13.2 Å². The molecule has 1 amide bonds. The summed E-state index contributed by atoms with van der Waals surface area (Å²) in [5.74, 6) is 0.0578. The zero-order valence-corrected chi connectivity index (χ0v) is 16.2. The van der Waals surface area contributed by atoms with Gasteiger partial charge in [0.2, 0.25) is 5.82 Å². The Balaban J connectivity index is 1.59. The SMILES string of the molecule is Cc1nc(C(=O)N(Cc2cccnc2)CC2CCCO2)nn1-c1ccc(F)cc1. The third kappa shape index (κ3) is 4.48. The van der Waals surface area contributed by atoms with E-state index in [4.69, 9.17) is 4.74 Å². The van der Waals surface area contributed by atoms with Gasteiger partial charge in [-0.1, -0.05) is 6.07 Å². The summed E-state index contributed by atoms with van der Waals surface area (Å²) in [5, 5.41) is 4.38. The van der Waals surface area contributed by atoms with Gasteiger partial charge in [0.05, 0.1) is 11.8 Å². The van der Waals surface area contributed by atoms with Gasteiger partial charge in [0.1, 0.15) is 11.6 Å². The van der Waals surface area contributed by atoms with Crippen LogP contribution in [0.4, 0.5) is 4.39 Å². The van der Waals surface area contributed by atoms with Crippen molar-refractivity contribution >= 4 is 5.91 Å². The van der Waals surface area contributed by atoms with Crippen molar-refractivity contribution in [1.29, 1.82) is 0 Å². The second-order valence-corrected chi connectivity index (χ2v) is 7.05. The van der Waals surface area contributed by atoms with Crippen molar-refractivity contribution < 1.29 is 13.9 Å². The summed E-state index contributed by atoms with van der Waals surface area (Å²) in [6.07, 6.45) is 5.37. The Morgan fingerprint density at radius 1 is 1.31 bits per heavy atom. The van der Waals surface area contributed by atoms with Gasteiger partial charge in [-0.05, 0) is 55.7 Å².